The largest absolute Gasteiger partial charge is 0.396 e. The highest BCUT2D eigenvalue weighted by Crippen LogP contribution is 2.31. The molecule has 102 valence electrons. The van der Waals surface area contributed by atoms with Crippen molar-refractivity contribution < 1.29 is 9.90 Å². The zero-order valence-corrected chi connectivity index (χ0v) is 14.2. The van der Waals surface area contributed by atoms with Gasteiger partial charge in [-0.3, -0.25) is 4.79 Å². The summed E-state index contributed by atoms with van der Waals surface area (Å²) >= 11 is 8.22. The summed E-state index contributed by atoms with van der Waals surface area (Å²) in [7, 11) is 0. The zero-order chi connectivity index (χ0) is 13.5. The molecular formula is C12H17Br2NO2S. The molecule has 1 amide bonds. The predicted molar refractivity (Wildman–Crippen MR) is 82.2 cm³/mol. The van der Waals surface area contributed by atoms with Crippen molar-refractivity contribution in [3.63, 3.8) is 0 Å². The lowest BCUT2D eigenvalue weighted by Crippen LogP contribution is -2.29. The smallest absolute Gasteiger partial charge is 0.253 e. The summed E-state index contributed by atoms with van der Waals surface area (Å²) in [4.78, 5) is 12.0. The normalized spacial score (nSPS) is 12.4. The molecule has 0 aromatic carbocycles. The van der Waals surface area contributed by atoms with Gasteiger partial charge in [-0.2, -0.15) is 0 Å². The van der Waals surface area contributed by atoms with Gasteiger partial charge in [0.2, 0.25) is 0 Å². The molecule has 0 aliphatic carbocycles. The average Bonchev–Trinajstić information content (AvgIpc) is 2.65. The van der Waals surface area contributed by atoms with Gasteiger partial charge in [0.15, 0.2) is 0 Å². The molecule has 0 bridgehead atoms. The van der Waals surface area contributed by atoms with Gasteiger partial charge in [-0.1, -0.05) is 13.3 Å². The molecule has 0 aliphatic rings. The van der Waals surface area contributed by atoms with Crippen LogP contribution < -0.4 is 5.32 Å². The Bertz CT molecular complexity index is 389. The Morgan fingerprint density at radius 1 is 1.50 bits per heavy atom. The highest BCUT2D eigenvalue weighted by molar-refractivity contribution is 9.12. The summed E-state index contributed by atoms with van der Waals surface area (Å²) in [5, 5.41) is 11.9. The van der Waals surface area contributed by atoms with Gasteiger partial charge in [0.05, 0.1) is 13.1 Å². The summed E-state index contributed by atoms with van der Waals surface area (Å²) < 4.78 is 1.76. The SMILES string of the molecule is CCCC(CCO)CNC(=O)c1cc(Br)sc1Br. The third-order valence-electron chi connectivity index (χ3n) is 2.69. The van der Waals surface area contributed by atoms with E-state index in [1.54, 1.807) is 0 Å². The lowest BCUT2D eigenvalue weighted by atomic mass is 10.0. The molecule has 1 rings (SSSR count). The standard InChI is InChI=1S/C12H17Br2NO2S/c1-2-3-8(4-5-16)7-15-12(17)9-6-10(13)18-11(9)14/h6,8,16H,2-5,7H2,1H3,(H,15,17). The second-order valence-electron chi connectivity index (χ2n) is 4.11. The lowest BCUT2D eigenvalue weighted by molar-refractivity contribution is 0.0942. The van der Waals surface area contributed by atoms with Gasteiger partial charge in [-0.15, -0.1) is 11.3 Å². The minimum atomic E-state index is -0.0668. The number of hydrogen-bond donors (Lipinski definition) is 2. The van der Waals surface area contributed by atoms with Gasteiger partial charge in [-0.05, 0) is 56.7 Å². The van der Waals surface area contributed by atoms with Crippen molar-refractivity contribution in [2.24, 2.45) is 5.92 Å². The van der Waals surface area contributed by atoms with Crippen LogP contribution in [0.15, 0.2) is 13.6 Å². The summed E-state index contributed by atoms with van der Waals surface area (Å²) in [5.74, 6) is 0.285. The van der Waals surface area contributed by atoms with Crippen molar-refractivity contribution in [3.8, 4) is 0 Å². The van der Waals surface area contributed by atoms with Crippen LogP contribution in [-0.2, 0) is 0 Å². The van der Waals surface area contributed by atoms with Gasteiger partial charge in [-0.25, -0.2) is 0 Å². The fourth-order valence-electron chi connectivity index (χ4n) is 1.77. The van der Waals surface area contributed by atoms with Crippen LogP contribution in [0.4, 0.5) is 0 Å². The molecule has 6 heteroatoms. The molecule has 0 saturated heterocycles. The number of hydrogen-bond acceptors (Lipinski definition) is 3. The maximum atomic E-state index is 12.0. The van der Waals surface area contributed by atoms with Crippen LogP contribution in [-0.4, -0.2) is 24.2 Å². The van der Waals surface area contributed by atoms with E-state index in [1.807, 2.05) is 6.07 Å². The minimum Gasteiger partial charge on any atom is -0.396 e. The summed E-state index contributed by atoms with van der Waals surface area (Å²) in [6, 6.07) is 1.81. The number of aliphatic hydroxyl groups is 1. The zero-order valence-electron chi connectivity index (χ0n) is 10.2. The van der Waals surface area contributed by atoms with E-state index in [-0.39, 0.29) is 12.5 Å². The van der Waals surface area contributed by atoms with E-state index in [4.69, 9.17) is 5.11 Å². The molecule has 0 radical (unpaired) electrons. The summed E-state index contributed by atoms with van der Waals surface area (Å²) in [6.07, 6.45) is 2.83. The Labute approximate surface area is 128 Å². The number of carbonyl (C=O) groups is 1. The maximum absolute atomic E-state index is 12.0. The van der Waals surface area contributed by atoms with E-state index in [2.05, 4.69) is 44.1 Å². The lowest BCUT2D eigenvalue weighted by Gasteiger charge is -2.15. The van der Waals surface area contributed by atoms with Crippen LogP contribution in [0.1, 0.15) is 36.5 Å². The van der Waals surface area contributed by atoms with Crippen LogP contribution in [0.25, 0.3) is 0 Å². The molecule has 2 N–H and O–H groups in total. The van der Waals surface area contributed by atoms with E-state index in [0.717, 1.165) is 26.8 Å². The Hall–Kier alpha value is 0.0900. The second kappa shape index (κ2) is 8.30. The quantitative estimate of drug-likeness (QED) is 0.733. The average molecular weight is 399 g/mol. The van der Waals surface area contributed by atoms with E-state index in [1.165, 1.54) is 11.3 Å². The van der Waals surface area contributed by atoms with Gasteiger partial charge in [0.1, 0.15) is 0 Å². The number of aliphatic hydroxyl groups excluding tert-OH is 1. The van der Waals surface area contributed by atoms with Crippen LogP contribution in [0.5, 0.6) is 0 Å². The first-order chi connectivity index (χ1) is 8.58. The topological polar surface area (TPSA) is 49.3 Å². The molecule has 1 atom stereocenters. The molecular weight excluding hydrogens is 382 g/mol. The molecule has 1 heterocycles. The first-order valence-corrected chi connectivity index (χ1v) is 8.32. The minimum absolute atomic E-state index is 0.0668. The van der Waals surface area contributed by atoms with Crippen LogP contribution in [0.3, 0.4) is 0 Å². The Kier molecular flexibility index (Phi) is 7.44. The maximum Gasteiger partial charge on any atom is 0.253 e. The van der Waals surface area contributed by atoms with Crippen molar-refractivity contribution >= 4 is 49.1 Å². The number of halogens is 2. The molecule has 0 saturated carbocycles. The molecule has 0 fully saturated rings. The van der Waals surface area contributed by atoms with Gasteiger partial charge < -0.3 is 10.4 Å². The number of amides is 1. The van der Waals surface area contributed by atoms with E-state index in [9.17, 15) is 4.79 Å². The van der Waals surface area contributed by atoms with Crippen LogP contribution in [0, 0.1) is 5.92 Å². The Morgan fingerprint density at radius 3 is 2.72 bits per heavy atom. The van der Waals surface area contributed by atoms with E-state index >= 15 is 0 Å². The highest BCUT2D eigenvalue weighted by Gasteiger charge is 2.15. The highest BCUT2D eigenvalue weighted by atomic mass is 79.9. The molecule has 18 heavy (non-hydrogen) atoms. The van der Waals surface area contributed by atoms with Crippen LogP contribution in [0.2, 0.25) is 0 Å². The molecule has 0 aliphatic heterocycles. The molecule has 0 spiro atoms. The number of rotatable bonds is 7. The number of nitrogens with one attached hydrogen (secondary N) is 1. The third-order valence-corrected chi connectivity index (χ3v) is 5.03. The molecule has 1 aromatic heterocycles. The van der Waals surface area contributed by atoms with Crippen molar-refractivity contribution in [3.05, 3.63) is 19.2 Å². The van der Waals surface area contributed by atoms with Crippen LogP contribution >= 0.6 is 43.2 Å². The summed E-state index contributed by atoms with van der Waals surface area (Å²) in [5.41, 5.74) is 0.658. The third kappa shape index (κ3) is 4.99. The molecule has 3 nitrogen and oxygen atoms in total. The predicted octanol–water partition coefficient (Wildman–Crippen LogP) is 3.80. The summed E-state index contributed by atoms with van der Waals surface area (Å²) in [6.45, 7) is 2.90. The fourth-order valence-corrected chi connectivity index (χ4v) is 4.56. The van der Waals surface area contributed by atoms with Crippen molar-refractivity contribution in [1.29, 1.82) is 0 Å². The number of carbonyl (C=O) groups excluding carboxylic acids is 1. The van der Waals surface area contributed by atoms with Crippen molar-refractivity contribution in [1.82, 2.24) is 5.32 Å². The molecule has 1 unspecified atom stereocenters. The second-order valence-corrected chi connectivity index (χ2v) is 7.86. The van der Waals surface area contributed by atoms with E-state index in [0.29, 0.717) is 18.0 Å². The van der Waals surface area contributed by atoms with Gasteiger partial charge in [0, 0.05) is 13.2 Å². The molecule has 1 aromatic rings. The Balaban J connectivity index is 2.51. The number of thiophene rings is 1. The van der Waals surface area contributed by atoms with Gasteiger partial charge in [0.25, 0.3) is 5.91 Å². The van der Waals surface area contributed by atoms with Crippen molar-refractivity contribution in [2.45, 2.75) is 26.2 Å². The monoisotopic (exact) mass is 397 g/mol. The van der Waals surface area contributed by atoms with Crippen molar-refractivity contribution in [2.75, 3.05) is 13.2 Å². The fraction of sp³-hybridized carbons (Fsp3) is 0.583. The first-order valence-electron chi connectivity index (χ1n) is 5.92. The Morgan fingerprint density at radius 2 is 2.22 bits per heavy atom. The van der Waals surface area contributed by atoms with Gasteiger partial charge >= 0.3 is 0 Å². The first kappa shape index (κ1) is 16.1. The van der Waals surface area contributed by atoms with E-state index < -0.39 is 0 Å².